The average molecular weight is 641 g/mol. The Balaban J connectivity index is 1.22. The quantitative estimate of drug-likeness (QED) is 0.188. The summed E-state index contributed by atoms with van der Waals surface area (Å²) >= 11 is 0. The van der Waals surface area contributed by atoms with Gasteiger partial charge in [-0.15, -0.1) is 0 Å². The molecule has 0 aliphatic rings. The van der Waals surface area contributed by atoms with E-state index in [1.165, 1.54) is 10.8 Å². The molecule has 3 heterocycles. The second-order valence-electron chi connectivity index (χ2n) is 12.4. The normalized spacial score (nSPS) is 11.6. The van der Waals surface area contributed by atoms with Gasteiger partial charge in [0.15, 0.2) is 23.1 Å². The Bertz CT molecular complexity index is 2800. The Kier molecular flexibility index (Phi) is 6.42. The summed E-state index contributed by atoms with van der Waals surface area (Å²) in [6.07, 6.45) is 0. The number of furan rings is 1. The fourth-order valence-electron chi connectivity index (χ4n) is 7.14. The molecular formula is C45H28N4O. The van der Waals surface area contributed by atoms with E-state index in [-0.39, 0.29) is 0 Å². The van der Waals surface area contributed by atoms with Crippen molar-refractivity contribution in [2.24, 2.45) is 0 Å². The predicted octanol–water partition coefficient (Wildman–Crippen LogP) is 11.5. The first-order chi connectivity index (χ1) is 24.8. The smallest absolute Gasteiger partial charge is 0.164 e. The molecule has 50 heavy (non-hydrogen) atoms. The van der Waals surface area contributed by atoms with Gasteiger partial charge in [-0.25, -0.2) is 15.0 Å². The minimum absolute atomic E-state index is 0.589. The van der Waals surface area contributed by atoms with Crippen molar-refractivity contribution in [3.05, 3.63) is 170 Å². The molecule has 0 saturated heterocycles. The van der Waals surface area contributed by atoms with Gasteiger partial charge in [-0.2, -0.15) is 0 Å². The summed E-state index contributed by atoms with van der Waals surface area (Å²) in [4.78, 5) is 15.3. The molecule has 3 aromatic heterocycles. The van der Waals surface area contributed by atoms with Crippen LogP contribution >= 0.6 is 0 Å². The van der Waals surface area contributed by atoms with Gasteiger partial charge in [0.05, 0.1) is 16.7 Å². The van der Waals surface area contributed by atoms with E-state index in [2.05, 4.69) is 126 Å². The first kappa shape index (κ1) is 28.2. The summed E-state index contributed by atoms with van der Waals surface area (Å²) in [6.45, 7) is 0. The lowest BCUT2D eigenvalue weighted by Gasteiger charge is -2.12. The Labute approximate surface area is 287 Å². The van der Waals surface area contributed by atoms with Crippen LogP contribution in [0.4, 0.5) is 0 Å². The third kappa shape index (κ3) is 4.52. The molecule has 5 heteroatoms. The van der Waals surface area contributed by atoms with Gasteiger partial charge in [-0.05, 0) is 41.5 Å². The van der Waals surface area contributed by atoms with Gasteiger partial charge in [0.2, 0.25) is 0 Å². The zero-order chi connectivity index (χ0) is 33.0. The SMILES string of the molecule is c1ccc(-c2ccc(-c3nc(-c4ccccc4)nc(-c4ccc(-n5c6ccccc6c6ccccc65)c5oc6ccccc6c45)n3)cc2)cc1. The summed E-state index contributed by atoms with van der Waals surface area (Å²) in [5, 5.41) is 4.37. The van der Waals surface area contributed by atoms with Crippen molar-refractivity contribution in [2.45, 2.75) is 0 Å². The highest BCUT2D eigenvalue weighted by molar-refractivity contribution is 6.16. The molecule has 10 aromatic rings. The maximum atomic E-state index is 6.76. The summed E-state index contributed by atoms with van der Waals surface area (Å²) in [5.41, 5.74) is 9.83. The van der Waals surface area contributed by atoms with Crippen LogP contribution in [0.5, 0.6) is 0 Å². The average Bonchev–Trinajstić information content (AvgIpc) is 3.75. The lowest BCUT2D eigenvalue weighted by atomic mass is 10.0. The van der Waals surface area contributed by atoms with Crippen molar-refractivity contribution in [3.63, 3.8) is 0 Å². The third-order valence-electron chi connectivity index (χ3n) is 9.48. The predicted molar refractivity (Wildman–Crippen MR) is 203 cm³/mol. The first-order valence-corrected chi connectivity index (χ1v) is 16.7. The van der Waals surface area contributed by atoms with Crippen molar-refractivity contribution in [3.8, 4) is 51.0 Å². The highest BCUT2D eigenvalue weighted by Gasteiger charge is 2.22. The molecule has 0 spiro atoms. The molecule has 5 nitrogen and oxygen atoms in total. The summed E-state index contributed by atoms with van der Waals surface area (Å²) < 4.78 is 9.07. The van der Waals surface area contributed by atoms with Gasteiger partial charge >= 0.3 is 0 Å². The molecule has 0 saturated carbocycles. The number of fused-ring (bicyclic) bond motifs is 6. The van der Waals surface area contributed by atoms with Crippen LogP contribution in [0.25, 0.3) is 94.7 Å². The van der Waals surface area contributed by atoms with Crippen LogP contribution in [-0.4, -0.2) is 19.5 Å². The van der Waals surface area contributed by atoms with Gasteiger partial charge in [-0.1, -0.05) is 140 Å². The van der Waals surface area contributed by atoms with Crippen LogP contribution in [0.3, 0.4) is 0 Å². The van der Waals surface area contributed by atoms with E-state index in [9.17, 15) is 0 Å². The van der Waals surface area contributed by atoms with E-state index in [4.69, 9.17) is 19.4 Å². The van der Waals surface area contributed by atoms with Gasteiger partial charge < -0.3 is 8.98 Å². The largest absolute Gasteiger partial charge is 0.454 e. The molecule has 0 aliphatic carbocycles. The van der Waals surface area contributed by atoms with Crippen molar-refractivity contribution in [1.82, 2.24) is 19.5 Å². The zero-order valence-corrected chi connectivity index (χ0v) is 26.9. The molecular weight excluding hydrogens is 613 g/mol. The van der Waals surface area contributed by atoms with Crippen molar-refractivity contribution in [1.29, 1.82) is 0 Å². The van der Waals surface area contributed by atoms with E-state index < -0.39 is 0 Å². The minimum Gasteiger partial charge on any atom is -0.454 e. The molecule has 0 aliphatic heterocycles. The maximum absolute atomic E-state index is 6.76. The van der Waals surface area contributed by atoms with Crippen LogP contribution < -0.4 is 0 Å². The molecule has 0 fully saturated rings. The van der Waals surface area contributed by atoms with Crippen molar-refractivity contribution < 1.29 is 4.42 Å². The van der Waals surface area contributed by atoms with Gasteiger partial charge in [0, 0.05) is 38.2 Å². The third-order valence-corrected chi connectivity index (χ3v) is 9.48. The fourth-order valence-corrected chi connectivity index (χ4v) is 7.14. The van der Waals surface area contributed by atoms with Gasteiger partial charge in [-0.3, -0.25) is 0 Å². The molecule has 0 atom stereocenters. The lowest BCUT2D eigenvalue weighted by Crippen LogP contribution is -2.01. The van der Waals surface area contributed by atoms with E-state index >= 15 is 0 Å². The highest BCUT2D eigenvalue weighted by Crippen LogP contribution is 2.42. The van der Waals surface area contributed by atoms with Crippen LogP contribution in [0, 0.1) is 0 Å². The minimum atomic E-state index is 0.589. The molecule has 10 rings (SSSR count). The Morgan fingerprint density at radius 2 is 0.860 bits per heavy atom. The molecule has 234 valence electrons. The Morgan fingerprint density at radius 3 is 1.52 bits per heavy atom. The molecule has 0 N–H and O–H groups in total. The fraction of sp³-hybridized carbons (Fsp3) is 0. The highest BCUT2D eigenvalue weighted by atomic mass is 16.3. The van der Waals surface area contributed by atoms with Crippen LogP contribution in [0.2, 0.25) is 0 Å². The van der Waals surface area contributed by atoms with Crippen molar-refractivity contribution >= 4 is 43.7 Å². The number of hydrogen-bond acceptors (Lipinski definition) is 4. The number of hydrogen-bond donors (Lipinski definition) is 0. The standard InChI is InChI=1S/C45H28N4O/c1-3-13-29(14-4-1)30-23-25-32(26-24-30)44-46-43(31-15-5-2-6-16-31)47-45(48-44)36-27-28-39(42-41(36)35-19-9-12-22-40(35)50-42)49-37-20-10-7-17-33(37)34-18-8-11-21-38(34)49/h1-28H. The summed E-state index contributed by atoms with van der Waals surface area (Å²) in [5.74, 6) is 1.82. The lowest BCUT2D eigenvalue weighted by molar-refractivity contribution is 0.666. The number of aromatic nitrogens is 4. The second-order valence-corrected chi connectivity index (χ2v) is 12.4. The number of nitrogens with zero attached hydrogens (tertiary/aromatic N) is 4. The van der Waals surface area contributed by atoms with Crippen LogP contribution in [-0.2, 0) is 0 Å². The molecule has 7 aromatic carbocycles. The molecule has 0 unspecified atom stereocenters. The number of benzene rings is 7. The van der Waals surface area contributed by atoms with E-state index in [0.29, 0.717) is 17.5 Å². The van der Waals surface area contributed by atoms with Crippen molar-refractivity contribution in [2.75, 3.05) is 0 Å². The van der Waals surface area contributed by atoms with Gasteiger partial charge in [0.25, 0.3) is 0 Å². The van der Waals surface area contributed by atoms with Gasteiger partial charge in [0.1, 0.15) is 5.58 Å². The van der Waals surface area contributed by atoms with Crippen LogP contribution in [0.15, 0.2) is 174 Å². The summed E-state index contributed by atoms with van der Waals surface area (Å²) in [7, 11) is 0. The van der Waals surface area contributed by atoms with E-state index in [0.717, 1.165) is 66.5 Å². The monoisotopic (exact) mass is 640 g/mol. The second kappa shape index (κ2) is 11.4. The van der Waals surface area contributed by atoms with E-state index in [1.807, 2.05) is 48.5 Å². The molecule has 0 radical (unpaired) electrons. The molecule has 0 amide bonds. The maximum Gasteiger partial charge on any atom is 0.164 e. The Hall–Kier alpha value is -6.85. The first-order valence-electron chi connectivity index (χ1n) is 16.7. The number of para-hydroxylation sites is 3. The Morgan fingerprint density at radius 1 is 0.380 bits per heavy atom. The topological polar surface area (TPSA) is 56.7 Å². The van der Waals surface area contributed by atoms with Crippen LogP contribution in [0.1, 0.15) is 0 Å². The number of rotatable bonds is 5. The van der Waals surface area contributed by atoms with E-state index in [1.54, 1.807) is 0 Å². The zero-order valence-electron chi connectivity index (χ0n) is 26.9. The molecule has 0 bridgehead atoms. The summed E-state index contributed by atoms with van der Waals surface area (Å²) in [6, 6.07) is 58.5.